The van der Waals surface area contributed by atoms with E-state index in [0.717, 1.165) is 10.4 Å². The maximum atomic E-state index is 8.83. The number of nitriles is 1. The van der Waals surface area contributed by atoms with Crippen LogP contribution in [-0.2, 0) is 0 Å². The van der Waals surface area contributed by atoms with Crippen molar-refractivity contribution in [3.63, 3.8) is 0 Å². The first-order valence-electron chi connectivity index (χ1n) is 4.37. The van der Waals surface area contributed by atoms with Crippen molar-refractivity contribution in [1.29, 1.82) is 5.26 Å². The Morgan fingerprint density at radius 2 is 1.88 bits per heavy atom. The second-order valence-corrected chi connectivity index (χ2v) is 4.97. The molecule has 1 heterocycles. The van der Waals surface area contributed by atoms with Crippen LogP contribution in [0.5, 0.6) is 0 Å². The normalized spacial score (nSPS) is 10.1. The summed E-state index contributed by atoms with van der Waals surface area (Å²) in [6.45, 7) is 0. The number of thiophene rings is 1. The van der Waals surface area contributed by atoms with E-state index in [1.165, 1.54) is 11.3 Å². The van der Waals surface area contributed by atoms with Crippen LogP contribution in [0.3, 0.4) is 0 Å². The summed E-state index contributed by atoms with van der Waals surface area (Å²) >= 11 is 13.4. The first-order valence-corrected chi connectivity index (χ1v) is 5.94. The lowest BCUT2D eigenvalue weighted by atomic mass is 10.2. The first-order chi connectivity index (χ1) is 7.63. The highest BCUT2D eigenvalue weighted by Crippen LogP contribution is 2.40. The summed E-state index contributed by atoms with van der Waals surface area (Å²) in [5.41, 5.74) is 6.87. The van der Waals surface area contributed by atoms with Crippen molar-refractivity contribution in [3.05, 3.63) is 39.2 Å². The average Bonchev–Trinajstić information content (AvgIpc) is 2.59. The molecular weight excluding hydrogens is 263 g/mol. The van der Waals surface area contributed by atoms with E-state index in [9.17, 15) is 0 Å². The number of halogens is 2. The molecule has 1 aromatic carbocycles. The van der Waals surface area contributed by atoms with Gasteiger partial charge in [0, 0.05) is 10.4 Å². The van der Waals surface area contributed by atoms with Gasteiger partial charge in [0.2, 0.25) is 0 Å². The van der Waals surface area contributed by atoms with Crippen LogP contribution in [0.2, 0.25) is 10.0 Å². The molecule has 0 atom stereocenters. The van der Waals surface area contributed by atoms with Crippen molar-refractivity contribution in [2.45, 2.75) is 0 Å². The second kappa shape index (κ2) is 4.34. The lowest BCUT2D eigenvalue weighted by molar-refractivity contribution is 1.52. The average molecular weight is 269 g/mol. The van der Waals surface area contributed by atoms with Gasteiger partial charge < -0.3 is 5.73 Å². The minimum atomic E-state index is 0.457. The third-order valence-corrected chi connectivity index (χ3v) is 3.77. The molecule has 0 unspecified atom stereocenters. The van der Waals surface area contributed by atoms with Crippen LogP contribution in [0.1, 0.15) is 4.88 Å². The fourth-order valence-corrected chi connectivity index (χ4v) is 3.01. The SMILES string of the molecule is N#Cc1sc(-c2c(Cl)cccc2Cl)cc1N. The van der Waals surface area contributed by atoms with Gasteiger partial charge in [-0.05, 0) is 18.2 Å². The molecule has 1 aromatic heterocycles. The third-order valence-electron chi connectivity index (χ3n) is 2.07. The summed E-state index contributed by atoms with van der Waals surface area (Å²) in [5.74, 6) is 0. The summed E-state index contributed by atoms with van der Waals surface area (Å²) < 4.78 is 0. The highest BCUT2D eigenvalue weighted by Gasteiger charge is 2.13. The third kappa shape index (κ3) is 1.88. The first kappa shape index (κ1) is 11.3. The van der Waals surface area contributed by atoms with Crippen LogP contribution in [0.25, 0.3) is 10.4 Å². The van der Waals surface area contributed by atoms with Crippen molar-refractivity contribution in [2.75, 3.05) is 5.73 Å². The Labute approximate surface area is 107 Å². The molecule has 0 amide bonds. The van der Waals surface area contributed by atoms with Crippen molar-refractivity contribution in [1.82, 2.24) is 0 Å². The lowest BCUT2D eigenvalue weighted by Gasteiger charge is -2.02. The maximum Gasteiger partial charge on any atom is 0.128 e. The number of nitrogen functional groups attached to an aromatic ring is 1. The van der Waals surface area contributed by atoms with Crippen LogP contribution < -0.4 is 5.73 Å². The van der Waals surface area contributed by atoms with Gasteiger partial charge >= 0.3 is 0 Å². The molecule has 0 saturated carbocycles. The van der Waals surface area contributed by atoms with Gasteiger partial charge in [-0.3, -0.25) is 0 Å². The van der Waals surface area contributed by atoms with Gasteiger partial charge in [0.1, 0.15) is 10.9 Å². The molecule has 2 N–H and O–H groups in total. The molecule has 2 nitrogen and oxygen atoms in total. The zero-order chi connectivity index (χ0) is 11.7. The molecule has 80 valence electrons. The van der Waals surface area contributed by atoms with Crippen LogP contribution >= 0.6 is 34.5 Å². The van der Waals surface area contributed by atoms with E-state index in [2.05, 4.69) is 0 Å². The van der Waals surface area contributed by atoms with Gasteiger partial charge in [-0.15, -0.1) is 11.3 Å². The fourth-order valence-electron chi connectivity index (χ4n) is 1.35. The van der Waals surface area contributed by atoms with Crippen LogP contribution in [-0.4, -0.2) is 0 Å². The Hall–Kier alpha value is -1.21. The van der Waals surface area contributed by atoms with Gasteiger partial charge in [0.05, 0.1) is 15.7 Å². The zero-order valence-electron chi connectivity index (χ0n) is 8.00. The zero-order valence-corrected chi connectivity index (χ0v) is 10.3. The Morgan fingerprint density at radius 1 is 1.25 bits per heavy atom. The van der Waals surface area contributed by atoms with E-state index in [1.807, 2.05) is 6.07 Å². The topological polar surface area (TPSA) is 49.8 Å². The van der Waals surface area contributed by atoms with E-state index in [4.69, 9.17) is 34.2 Å². The monoisotopic (exact) mass is 268 g/mol. The molecular formula is C11H6Cl2N2S. The predicted molar refractivity (Wildman–Crippen MR) is 68.9 cm³/mol. The number of nitrogens with two attached hydrogens (primary N) is 1. The molecule has 5 heteroatoms. The summed E-state index contributed by atoms with van der Waals surface area (Å²) in [4.78, 5) is 1.29. The van der Waals surface area contributed by atoms with Crippen LogP contribution in [0.4, 0.5) is 5.69 Å². The number of hydrogen-bond acceptors (Lipinski definition) is 3. The standard InChI is InChI=1S/C11H6Cl2N2S/c12-6-2-1-3-7(13)11(6)9-4-8(15)10(5-14)16-9/h1-4H,15H2. The minimum absolute atomic E-state index is 0.457. The number of nitrogens with zero attached hydrogens (tertiary/aromatic N) is 1. The molecule has 0 saturated heterocycles. The van der Waals surface area contributed by atoms with Crippen LogP contribution in [0.15, 0.2) is 24.3 Å². The molecule has 0 spiro atoms. The Balaban J connectivity index is 2.64. The van der Waals surface area contributed by atoms with Gasteiger partial charge in [0.15, 0.2) is 0 Å². The van der Waals surface area contributed by atoms with Gasteiger partial charge in [-0.2, -0.15) is 5.26 Å². The molecule has 0 fully saturated rings. The Bertz CT molecular complexity index is 564. The number of rotatable bonds is 1. The molecule has 0 aliphatic carbocycles. The summed E-state index contributed by atoms with van der Waals surface area (Å²) in [6, 6.07) is 9.03. The lowest BCUT2D eigenvalue weighted by Crippen LogP contribution is -1.82. The quantitative estimate of drug-likeness (QED) is 0.844. The molecule has 0 aliphatic heterocycles. The summed E-state index contributed by atoms with van der Waals surface area (Å²) in [6.07, 6.45) is 0. The van der Waals surface area contributed by atoms with Gasteiger partial charge in [-0.25, -0.2) is 0 Å². The van der Waals surface area contributed by atoms with E-state index in [0.29, 0.717) is 20.6 Å². The van der Waals surface area contributed by atoms with Gasteiger partial charge in [0.25, 0.3) is 0 Å². The van der Waals surface area contributed by atoms with Crippen molar-refractivity contribution < 1.29 is 0 Å². The van der Waals surface area contributed by atoms with Gasteiger partial charge in [-0.1, -0.05) is 29.3 Å². The highest BCUT2D eigenvalue weighted by atomic mass is 35.5. The van der Waals surface area contributed by atoms with E-state index < -0.39 is 0 Å². The minimum Gasteiger partial charge on any atom is -0.397 e. The number of benzene rings is 1. The molecule has 2 rings (SSSR count). The van der Waals surface area contributed by atoms with Crippen LogP contribution in [0, 0.1) is 11.3 Å². The largest absolute Gasteiger partial charge is 0.397 e. The molecule has 16 heavy (non-hydrogen) atoms. The van der Waals surface area contributed by atoms with E-state index >= 15 is 0 Å². The number of anilines is 1. The maximum absolute atomic E-state index is 8.83. The predicted octanol–water partition coefficient (Wildman–Crippen LogP) is 4.18. The second-order valence-electron chi connectivity index (χ2n) is 3.10. The van der Waals surface area contributed by atoms with Crippen molar-refractivity contribution in [2.24, 2.45) is 0 Å². The Morgan fingerprint density at radius 3 is 2.38 bits per heavy atom. The van der Waals surface area contributed by atoms with E-state index in [1.54, 1.807) is 24.3 Å². The Kier molecular flexibility index (Phi) is 3.06. The molecule has 0 bridgehead atoms. The smallest absolute Gasteiger partial charge is 0.128 e. The highest BCUT2D eigenvalue weighted by molar-refractivity contribution is 7.16. The molecule has 0 radical (unpaired) electrons. The van der Waals surface area contributed by atoms with E-state index in [-0.39, 0.29) is 0 Å². The molecule has 2 aromatic rings. The summed E-state index contributed by atoms with van der Waals surface area (Å²) in [5, 5.41) is 9.94. The van der Waals surface area contributed by atoms with Crippen molar-refractivity contribution >= 4 is 40.2 Å². The summed E-state index contributed by atoms with van der Waals surface area (Å²) in [7, 11) is 0. The van der Waals surface area contributed by atoms with Crippen molar-refractivity contribution in [3.8, 4) is 16.5 Å². The number of hydrogen-bond donors (Lipinski definition) is 1. The molecule has 0 aliphatic rings. The fraction of sp³-hybridized carbons (Fsp3) is 0.